The van der Waals surface area contributed by atoms with E-state index in [-0.39, 0.29) is 0 Å². The Morgan fingerprint density at radius 2 is 0.770 bits per heavy atom. The zero-order valence-electron chi connectivity index (χ0n) is 35.5. The van der Waals surface area contributed by atoms with Crippen molar-refractivity contribution in [3.8, 4) is 44.5 Å². The van der Waals surface area contributed by atoms with Crippen molar-refractivity contribution in [2.24, 2.45) is 0 Å². The van der Waals surface area contributed by atoms with E-state index in [1.54, 1.807) is 0 Å². The Hall–Kier alpha value is -7.00. The van der Waals surface area contributed by atoms with Crippen LogP contribution in [0.3, 0.4) is 0 Å². The summed E-state index contributed by atoms with van der Waals surface area (Å²) in [5.41, 5.74) is 19.9. The Kier molecular flexibility index (Phi) is 11.2. The molecule has 0 aliphatic rings. The molecule has 0 spiro atoms. The average Bonchev–Trinajstić information content (AvgIpc) is 3.67. The molecule has 0 bridgehead atoms. The van der Waals surface area contributed by atoms with E-state index in [2.05, 4.69) is 246 Å². The van der Waals surface area contributed by atoms with Gasteiger partial charge in [-0.25, -0.2) is 0 Å². The van der Waals surface area contributed by atoms with E-state index < -0.39 is 0 Å². The Balaban J connectivity index is 0.000000472. The van der Waals surface area contributed by atoms with E-state index in [4.69, 9.17) is 0 Å². The summed E-state index contributed by atoms with van der Waals surface area (Å²) in [7, 11) is 0. The molecule has 10 rings (SSSR count). The third kappa shape index (κ3) is 8.41. The minimum Gasteiger partial charge on any atom is -0.311 e. The molecule has 10 aromatic rings. The fraction of sp³-hybridized carbons (Fsp3) is 0.0847. The van der Waals surface area contributed by atoms with Crippen LogP contribution < -0.4 is 4.90 Å². The first kappa shape index (κ1) is 39.5. The zero-order valence-corrected chi connectivity index (χ0v) is 36.3. The molecule has 0 unspecified atom stereocenters. The lowest BCUT2D eigenvalue weighted by Crippen LogP contribution is -2.09. The summed E-state index contributed by atoms with van der Waals surface area (Å²) in [6.07, 6.45) is 0. The van der Waals surface area contributed by atoms with Gasteiger partial charge in [0.1, 0.15) is 0 Å². The van der Waals surface area contributed by atoms with Gasteiger partial charge in [-0.15, -0.1) is 11.3 Å². The summed E-state index contributed by atoms with van der Waals surface area (Å²) < 4.78 is 2.66. The van der Waals surface area contributed by atoms with E-state index >= 15 is 0 Å². The van der Waals surface area contributed by atoms with Crippen LogP contribution in [-0.2, 0) is 0 Å². The molecule has 9 aromatic carbocycles. The molecule has 0 amide bonds. The van der Waals surface area contributed by atoms with Crippen molar-refractivity contribution in [1.82, 2.24) is 0 Å². The minimum absolute atomic E-state index is 1.11. The maximum atomic E-state index is 2.36. The quantitative estimate of drug-likeness (QED) is 0.155. The molecule has 0 aliphatic carbocycles. The van der Waals surface area contributed by atoms with E-state index in [0.29, 0.717) is 0 Å². The maximum absolute atomic E-state index is 2.36. The highest BCUT2D eigenvalue weighted by Gasteiger charge is 2.16. The molecule has 1 aromatic heterocycles. The van der Waals surface area contributed by atoms with Gasteiger partial charge in [0, 0.05) is 37.2 Å². The summed E-state index contributed by atoms with van der Waals surface area (Å²) in [4.78, 5) is 2.36. The molecular formula is C59H49NS. The van der Waals surface area contributed by atoms with Crippen molar-refractivity contribution in [2.75, 3.05) is 4.90 Å². The summed E-state index contributed by atoms with van der Waals surface area (Å²) in [6.45, 7) is 10.8. The first-order chi connectivity index (χ1) is 29.8. The SMILES string of the molecule is Cc1cc(C)cc(C)c1.Cc1ccccc1-c1cc(-c2ccc(N(c3ccc(-c4ccccc4)cc3)c3ccc(-c4cccc5c4sc4ccccc45)cc3)cc2)ccc1C. The van der Waals surface area contributed by atoms with Gasteiger partial charge in [-0.1, -0.05) is 174 Å². The van der Waals surface area contributed by atoms with Crippen molar-refractivity contribution < 1.29 is 0 Å². The van der Waals surface area contributed by atoms with Gasteiger partial charge in [0.2, 0.25) is 0 Å². The van der Waals surface area contributed by atoms with Crippen LogP contribution in [0.2, 0.25) is 0 Å². The van der Waals surface area contributed by atoms with Crippen LogP contribution in [0.5, 0.6) is 0 Å². The molecule has 0 aliphatic heterocycles. The lowest BCUT2D eigenvalue weighted by Gasteiger charge is -2.26. The summed E-state index contributed by atoms with van der Waals surface area (Å²) in [5, 5.41) is 2.65. The van der Waals surface area contributed by atoms with Crippen LogP contribution in [0.4, 0.5) is 17.1 Å². The van der Waals surface area contributed by atoms with Crippen LogP contribution in [0, 0.1) is 34.6 Å². The highest BCUT2D eigenvalue weighted by Crippen LogP contribution is 2.42. The number of benzene rings is 9. The number of thiophene rings is 1. The van der Waals surface area contributed by atoms with Gasteiger partial charge in [0.05, 0.1) is 0 Å². The Morgan fingerprint density at radius 1 is 0.311 bits per heavy atom. The van der Waals surface area contributed by atoms with Crippen molar-refractivity contribution in [2.45, 2.75) is 34.6 Å². The monoisotopic (exact) mass is 803 g/mol. The molecule has 0 fully saturated rings. The average molecular weight is 804 g/mol. The van der Waals surface area contributed by atoms with Gasteiger partial charge < -0.3 is 4.90 Å². The molecule has 61 heavy (non-hydrogen) atoms. The van der Waals surface area contributed by atoms with E-state index in [1.807, 2.05) is 11.3 Å². The van der Waals surface area contributed by atoms with E-state index in [1.165, 1.54) is 92.5 Å². The van der Waals surface area contributed by atoms with Gasteiger partial charge in [-0.05, 0) is 139 Å². The number of nitrogens with zero attached hydrogens (tertiary/aromatic N) is 1. The molecule has 0 atom stereocenters. The molecular weight excluding hydrogens is 755 g/mol. The van der Waals surface area contributed by atoms with Crippen LogP contribution in [0.15, 0.2) is 206 Å². The highest BCUT2D eigenvalue weighted by atomic mass is 32.1. The van der Waals surface area contributed by atoms with Crippen molar-refractivity contribution in [3.05, 3.63) is 234 Å². The lowest BCUT2D eigenvalue weighted by atomic mass is 9.93. The van der Waals surface area contributed by atoms with Gasteiger partial charge in [0.25, 0.3) is 0 Å². The second kappa shape index (κ2) is 17.3. The third-order valence-electron chi connectivity index (χ3n) is 11.6. The second-order valence-electron chi connectivity index (χ2n) is 16.1. The molecule has 0 N–H and O–H groups in total. The van der Waals surface area contributed by atoms with E-state index in [0.717, 1.165) is 17.1 Å². The first-order valence-electron chi connectivity index (χ1n) is 21.1. The smallest absolute Gasteiger partial charge is 0.0462 e. The Bertz CT molecular complexity index is 3050. The van der Waals surface area contributed by atoms with Crippen molar-refractivity contribution in [3.63, 3.8) is 0 Å². The number of aryl methyl sites for hydroxylation is 5. The molecule has 296 valence electrons. The predicted octanol–water partition coefficient (Wildman–Crippen LogP) is 17.4. The first-order valence-corrected chi connectivity index (χ1v) is 21.9. The number of fused-ring (bicyclic) bond motifs is 3. The number of rotatable bonds is 7. The summed E-state index contributed by atoms with van der Waals surface area (Å²) >= 11 is 1.88. The predicted molar refractivity (Wildman–Crippen MR) is 266 cm³/mol. The van der Waals surface area contributed by atoms with Gasteiger partial charge in [-0.2, -0.15) is 0 Å². The van der Waals surface area contributed by atoms with Crippen LogP contribution >= 0.6 is 11.3 Å². The Labute approximate surface area is 364 Å². The number of hydrogen-bond acceptors (Lipinski definition) is 2. The third-order valence-corrected chi connectivity index (χ3v) is 12.8. The molecule has 2 heteroatoms. The number of anilines is 3. The molecule has 0 saturated heterocycles. The standard InChI is InChI=1S/C50H37NS.C9H12/c1-34-11-6-7-14-44(34)48-33-40(20-19-35(48)2)38-23-29-42(30-24-38)51(41-27-21-37(22-28-41)36-12-4-3-5-13-36)43-31-25-39(26-32-43)45-16-10-17-47-46-15-8-9-18-49(46)52-50(45)47;1-7-4-8(2)6-9(3)5-7/h3-33H,1-2H3;4-6H,1-3H3. The second-order valence-corrected chi connectivity index (χ2v) is 17.2. The van der Waals surface area contributed by atoms with Crippen LogP contribution in [-0.4, -0.2) is 0 Å². The minimum atomic E-state index is 1.11. The fourth-order valence-electron chi connectivity index (χ4n) is 8.62. The van der Waals surface area contributed by atoms with Gasteiger partial charge >= 0.3 is 0 Å². The van der Waals surface area contributed by atoms with Gasteiger partial charge in [-0.3, -0.25) is 0 Å². The zero-order chi connectivity index (χ0) is 41.9. The van der Waals surface area contributed by atoms with Crippen LogP contribution in [0.1, 0.15) is 27.8 Å². The lowest BCUT2D eigenvalue weighted by molar-refractivity contribution is 1.28. The van der Waals surface area contributed by atoms with Crippen LogP contribution in [0.25, 0.3) is 64.7 Å². The maximum Gasteiger partial charge on any atom is 0.0462 e. The highest BCUT2D eigenvalue weighted by molar-refractivity contribution is 7.26. The Morgan fingerprint density at radius 3 is 1.39 bits per heavy atom. The van der Waals surface area contributed by atoms with Crippen molar-refractivity contribution >= 4 is 48.6 Å². The molecule has 0 radical (unpaired) electrons. The molecule has 1 heterocycles. The normalized spacial score (nSPS) is 11.0. The molecule has 1 nitrogen and oxygen atoms in total. The fourth-order valence-corrected chi connectivity index (χ4v) is 9.86. The van der Waals surface area contributed by atoms with E-state index in [9.17, 15) is 0 Å². The number of hydrogen-bond donors (Lipinski definition) is 0. The summed E-state index contributed by atoms with van der Waals surface area (Å²) in [6, 6.07) is 75.0. The van der Waals surface area contributed by atoms with Gasteiger partial charge in [0.15, 0.2) is 0 Å². The molecule has 0 saturated carbocycles. The van der Waals surface area contributed by atoms with Crippen molar-refractivity contribution in [1.29, 1.82) is 0 Å². The topological polar surface area (TPSA) is 3.24 Å². The summed E-state index contributed by atoms with van der Waals surface area (Å²) in [5.74, 6) is 0. The largest absolute Gasteiger partial charge is 0.311 e.